The van der Waals surface area contributed by atoms with E-state index in [1.165, 1.54) is 0 Å². The van der Waals surface area contributed by atoms with Crippen LogP contribution in [0.4, 0.5) is 0 Å². The van der Waals surface area contributed by atoms with Gasteiger partial charge in [-0.25, -0.2) is 4.79 Å². The summed E-state index contributed by atoms with van der Waals surface area (Å²) >= 11 is 0. The van der Waals surface area contributed by atoms with Gasteiger partial charge in [-0.2, -0.15) is 0 Å². The third kappa shape index (κ3) is 1.86. The summed E-state index contributed by atoms with van der Waals surface area (Å²) in [4.78, 5) is 16.1. The summed E-state index contributed by atoms with van der Waals surface area (Å²) < 4.78 is 0. The van der Waals surface area contributed by atoms with Gasteiger partial charge in [0.2, 0.25) is 0 Å². The van der Waals surface area contributed by atoms with Crippen molar-refractivity contribution in [2.24, 2.45) is 0 Å². The van der Waals surface area contributed by atoms with Gasteiger partial charge in [-0.1, -0.05) is 18.6 Å². The van der Waals surface area contributed by atoms with Crippen LogP contribution < -0.4 is 0 Å². The molecule has 3 nitrogen and oxygen atoms in total. The minimum Gasteiger partial charge on any atom is -0.478 e. The molecular weight excluding hydrogens is 226 g/mol. The molecular formula is C15H17NO2. The highest BCUT2D eigenvalue weighted by Gasteiger charge is 2.18. The number of carboxylic acids is 1. The third-order valence-electron chi connectivity index (χ3n) is 3.30. The van der Waals surface area contributed by atoms with Crippen LogP contribution in [0.2, 0.25) is 0 Å². The standard InChI is InChI=1S/C15H17NO2/c1-5-11-10(4)16-14-9(3)6-8(2)7-12(14)13(11)15(17)18/h6-7H,5H2,1-4H3,(H,17,18). The predicted molar refractivity (Wildman–Crippen MR) is 72.3 cm³/mol. The summed E-state index contributed by atoms with van der Waals surface area (Å²) in [5, 5.41) is 10.2. The molecule has 0 atom stereocenters. The van der Waals surface area contributed by atoms with E-state index in [1.807, 2.05) is 39.8 Å². The fourth-order valence-corrected chi connectivity index (χ4v) is 2.55. The van der Waals surface area contributed by atoms with Gasteiger partial charge in [-0.05, 0) is 44.4 Å². The highest BCUT2D eigenvalue weighted by molar-refractivity contribution is 6.05. The average Bonchev–Trinajstić information content (AvgIpc) is 2.28. The number of aryl methyl sites for hydroxylation is 3. The molecule has 0 aliphatic heterocycles. The van der Waals surface area contributed by atoms with Crippen molar-refractivity contribution in [1.82, 2.24) is 4.98 Å². The molecule has 0 radical (unpaired) electrons. The lowest BCUT2D eigenvalue weighted by Crippen LogP contribution is -2.08. The monoisotopic (exact) mass is 243 g/mol. The molecule has 2 rings (SSSR count). The Morgan fingerprint density at radius 3 is 2.50 bits per heavy atom. The molecule has 0 saturated heterocycles. The van der Waals surface area contributed by atoms with Crippen LogP contribution in [0.5, 0.6) is 0 Å². The summed E-state index contributed by atoms with van der Waals surface area (Å²) in [5.74, 6) is -0.868. The Morgan fingerprint density at radius 1 is 1.28 bits per heavy atom. The van der Waals surface area contributed by atoms with Crippen molar-refractivity contribution in [2.45, 2.75) is 34.1 Å². The largest absolute Gasteiger partial charge is 0.478 e. The Labute approximate surface area is 106 Å². The maximum Gasteiger partial charge on any atom is 0.336 e. The van der Waals surface area contributed by atoms with E-state index in [2.05, 4.69) is 4.98 Å². The van der Waals surface area contributed by atoms with Crippen molar-refractivity contribution in [3.63, 3.8) is 0 Å². The average molecular weight is 243 g/mol. The quantitative estimate of drug-likeness (QED) is 0.879. The summed E-state index contributed by atoms with van der Waals surface area (Å²) in [7, 11) is 0. The smallest absolute Gasteiger partial charge is 0.336 e. The van der Waals surface area contributed by atoms with Gasteiger partial charge < -0.3 is 5.11 Å². The van der Waals surface area contributed by atoms with E-state index >= 15 is 0 Å². The first kappa shape index (κ1) is 12.6. The third-order valence-corrected chi connectivity index (χ3v) is 3.30. The number of carbonyl (C=O) groups is 1. The lowest BCUT2D eigenvalue weighted by atomic mass is 9.96. The molecule has 0 aliphatic rings. The summed E-state index contributed by atoms with van der Waals surface area (Å²) in [6, 6.07) is 3.95. The van der Waals surface area contributed by atoms with E-state index in [-0.39, 0.29) is 0 Å². The Kier molecular flexibility index (Phi) is 3.07. The number of rotatable bonds is 2. The second kappa shape index (κ2) is 4.41. The van der Waals surface area contributed by atoms with E-state index in [9.17, 15) is 9.90 Å². The molecule has 0 spiro atoms. The van der Waals surface area contributed by atoms with Gasteiger partial charge in [0, 0.05) is 11.1 Å². The van der Waals surface area contributed by atoms with Gasteiger partial charge in [-0.3, -0.25) is 4.98 Å². The van der Waals surface area contributed by atoms with Gasteiger partial charge >= 0.3 is 5.97 Å². The zero-order chi connectivity index (χ0) is 13.4. The first-order valence-corrected chi connectivity index (χ1v) is 6.09. The molecule has 0 fully saturated rings. The number of aromatic nitrogens is 1. The fourth-order valence-electron chi connectivity index (χ4n) is 2.55. The zero-order valence-electron chi connectivity index (χ0n) is 11.2. The topological polar surface area (TPSA) is 50.2 Å². The molecule has 0 saturated carbocycles. The lowest BCUT2D eigenvalue weighted by molar-refractivity contribution is 0.0697. The maximum absolute atomic E-state index is 11.5. The number of fused-ring (bicyclic) bond motifs is 1. The van der Waals surface area contributed by atoms with E-state index in [4.69, 9.17) is 0 Å². The molecule has 94 valence electrons. The van der Waals surface area contributed by atoms with E-state index in [0.717, 1.165) is 33.3 Å². The van der Waals surface area contributed by atoms with Gasteiger partial charge in [-0.15, -0.1) is 0 Å². The Bertz CT molecular complexity index is 645. The molecule has 0 aliphatic carbocycles. The molecule has 1 heterocycles. The van der Waals surface area contributed by atoms with Crippen LogP contribution in [0.3, 0.4) is 0 Å². The maximum atomic E-state index is 11.5. The Morgan fingerprint density at radius 2 is 1.94 bits per heavy atom. The minimum absolute atomic E-state index is 0.409. The number of hydrogen-bond acceptors (Lipinski definition) is 2. The number of nitrogens with zero attached hydrogens (tertiary/aromatic N) is 1. The van der Waals surface area contributed by atoms with Gasteiger partial charge in [0.15, 0.2) is 0 Å². The molecule has 1 aromatic carbocycles. The normalized spacial score (nSPS) is 10.9. The first-order valence-electron chi connectivity index (χ1n) is 6.09. The minimum atomic E-state index is -0.868. The van der Waals surface area contributed by atoms with Crippen molar-refractivity contribution >= 4 is 16.9 Å². The second-order valence-electron chi connectivity index (χ2n) is 4.69. The molecule has 0 amide bonds. The number of carboxylic acid groups (broad SMARTS) is 1. The van der Waals surface area contributed by atoms with Crippen LogP contribution in [-0.4, -0.2) is 16.1 Å². The number of benzene rings is 1. The second-order valence-corrected chi connectivity index (χ2v) is 4.69. The van der Waals surface area contributed by atoms with Crippen LogP contribution >= 0.6 is 0 Å². The molecule has 1 N–H and O–H groups in total. The molecule has 0 unspecified atom stereocenters. The Hall–Kier alpha value is -1.90. The van der Waals surface area contributed by atoms with Crippen LogP contribution in [0, 0.1) is 20.8 Å². The van der Waals surface area contributed by atoms with E-state index in [0.29, 0.717) is 12.0 Å². The van der Waals surface area contributed by atoms with E-state index < -0.39 is 5.97 Å². The number of pyridine rings is 1. The lowest BCUT2D eigenvalue weighted by Gasteiger charge is -2.13. The Balaban J connectivity index is 3.01. The number of hydrogen-bond donors (Lipinski definition) is 1. The highest BCUT2D eigenvalue weighted by Crippen LogP contribution is 2.27. The molecule has 3 heteroatoms. The molecule has 18 heavy (non-hydrogen) atoms. The number of aromatic carboxylic acids is 1. The van der Waals surface area contributed by atoms with Crippen molar-refractivity contribution in [3.8, 4) is 0 Å². The van der Waals surface area contributed by atoms with Crippen LogP contribution in [0.1, 0.15) is 39.7 Å². The van der Waals surface area contributed by atoms with Crippen molar-refractivity contribution in [3.05, 3.63) is 40.1 Å². The van der Waals surface area contributed by atoms with Crippen LogP contribution in [0.25, 0.3) is 10.9 Å². The van der Waals surface area contributed by atoms with Crippen molar-refractivity contribution in [2.75, 3.05) is 0 Å². The van der Waals surface area contributed by atoms with Crippen molar-refractivity contribution < 1.29 is 9.90 Å². The van der Waals surface area contributed by atoms with Gasteiger partial charge in [0.05, 0.1) is 11.1 Å². The fraction of sp³-hybridized carbons (Fsp3) is 0.333. The van der Waals surface area contributed by atoms with Gasteiger partial charge in [0.1, 0.15) is 0 Å². The summed E-state index contributed by atoms with van der Waals surface area (Å²) in [6.07, 6.45) is 0.684. The first-order chi connectivity index (χ1) is 8.45. The summed E-state index contributed by atoms with van der Waals surface area (Å²) in [5.41, 5.74) is 4.95. The summed E-state index contributed by atoms with van der Waals surface area (Å²) in [6.45, 7) is 7.79. The molecule has 2 aromatic rings. The highest BCUT2D eigenvalue weighted by atomic mass is 16.4. The zero-order valence-corrected chi connectivity index (χ0v) is 11.2. The predicted octanol–water partition coefficient (Wildman–Crippen LogP) is 3.42. The van der Waals surface area contributed by atoms with Crippen LogP contribution in [-0.2, 0) is 6.42 Å². The van der Waals surface area contributed by atoms with Crippen LogP contribution in [0.15, 0.2) is 12.1 Å². The van der Waals surface area contributed by atoms with E-state index in [1.54, 1.807) is 0 Å². The SMILES string of the molecule is CCc1c(C)nc2c(C)cc(C)cc2c1C(=O)O. The molecule has 1 aromatic heterocycles. The van der Waals surface area contributed by atoms with Gasteiger partial charge in [0.25, 0.3) is 0 Å². The van der Waals surface area contributed by atoms with Crippen molar-refractivity contribution in [1.29, 1.82) is 0 Å². The molecule has 0 bridgehead atoms.